The standard InChI is InChI=1S/C12H13FO2/c1-7(2)10-6-8-5-9(13)3-4-11(8)15-12(10)14/h3-5,7,10H,6H2,1-2H3/t10-/m1/s1. The molecule has 80 valence electrons. The summed E-state index contributed by atoms with van der Waals surface area (Å²) in [5.41, 5.74) is 0.785. The summed E-state index contributed by atoms with van der Waals surface area (Å²) in [7, 11) is 0. The summed E-state index contributed by atoms with van der Waals surface area (Å²) < 4.78 is 18.1. The van der Waals surface area contributed by atoms with Crippen molar-refractivity contribution >= 4 is 5.97 Å². The van der Waals surface area contributed by atoms with E-state index in [9.17, 15) is 9.18 Å². The first-order valence-corrected chi connectivity index (χ1v) is 5.08. The largest absolute Gasteiger partial charge is 0.426 e. The Morgan fingerprint density at radius 3 is 2.87 bits per heavy atom. The molecule has 0 aromatic heterocycles. The highest BCUT2D eigenvalue weighted by Crippen LogP contribution is 2.31. The summed E-state index contributed by atoms with van der Waals surface area (Å²) in [5.74, 6) is 0.0739. The maximum absolute atomic E-state index is 13.0. The lowest BCUT2D eigenvalue weighted by Crippen LogP contribution is -2.31. The van der Waals surface area contributed by atoms with Crippen molar-refractivity contribution in [1.29, 1.82) is 0 Å². The smallest absolute Gasteiger partial charge is 0.314 e. The Labute approximate surface area is 88.1 Å². The number of esters is 1. The Balaban J connectivity index is 2.34. The highest BCUT2D eigenvalue weighted by Gasteiger charge is 2.30. The number of hydrogen-bond acceptors (Lipinski definition) is 2. The molecule has 1 aromatic rings. The van der Waals surface area contributed by atoms with E-state index >= 15 is 0 Å². The molecule has 0 spiro atoms. The molecule has 1 aliphatic heterocycles. The van der Waals surface area contributed by atoms with Crippen LogP contribution in [0.4, 0.5) is 4.39 Å². The molecule has 1 aromatic carbocycles. The minimum absolute atomic E-state index is 0.153. The fourth-order valence-electron chi connectivity index (χ4n) is 1.82. The molecule has 0 aliphatic carbocycles. The molecule has 3 heteroatoms. The van der Waals surface area contributed by atoms with E-state index in [0.717, 1.165) is 5.56 Å². The number of fused-ring (bicyclic) bond motifs is 1. The first-order valence-electron chi connectivity index (χ1n) is 5.08. The lowest BCUT2D eigenvalue weighted by atomic mass is 9.87. The minimum Gasteiger partial charge on any atom is -0.426 e. The van der Waals surface area contributed by atoms with Crippen LogP contribution < -0.4 is 4.74 Å². The molecule has 1 atom stereocenters. The lowest BCUT2D eigenvalue weighted by Gasteiger charge is -2.25. The van der Waals surface area contributed by atoms with Crippen molar-refractivity contribution in [2.24, 2.45) is 11.8 Å². The van der Waals surface area contributed by atoms with Gasteiger partial charge in [-0.2, -0.15) is 0 Å². The van der Waals surface area contributed by atoms with Crippen LogP contribution in [0.15, 0.2) is 18.2 Å². The van der Waals surface area contributed by atoms with Crippen LogP contribution in [-0.2, 0) is 11.2 Å². The molecular weight excluding hydrogens is 195 g/mol. The number of rotatable bonds is 1. The third kappa shape index (κ3) is 1.87. The quantitative estimate of drug-likeness (QED) is 0.523. The number of ether oxygens (including phenoxy) is 1. The molecule has 0 unspecified atom stereocenters. The number of hydrogen-bond donors (Lipinski definition) is 0. The molecule has 2 nitrogen and oxygen atoms in total. The van der Waals surface area contributed by atoms with Crippen LogP contribution >= 0.6 is 0 Å². The van der Waals surface area contributed by atoms with Gasteiger partial charge >= 0.3 is 5.97 Å². The Hall–Kier alpha value is -1.38. The summed E-state index contributed by atoms with van der Waals surface area (Å²) in [6, 6.07) is 4.26. The van der Waals surface area contributed by atoms with E-state index in [4.69, 9.17) is 4.74 Å². The third-order valence-electron chi connectivity index (χ3n) is 2.78. The molecule has 2 rings (SSSR count). The summed E-state index contributed by atoms with van der Waals surface area (Å²) in [6.07, 6.45) is 0.573. The molecule has 0 fully saturated rings. The maximum Gasteiger partial charge on any atom is 0.314 e. The van der Waals surface area contributed by atoms with Crippen molar-refractivity contribution in [2.75, 3.05) is 0 Å². The number of halogens is 1. The summed E-state index contributed by atoms with van der Waals surface area (Å²) in [6.45, 7) is 3.94. The van der Waals surface area contributed by atoms with E-state index in [1.165, 1.54) is 18.2 Å². The van der Waals surface area contributed by atoms with Crippen molar-refractivity contribution in [1.82, 2.24) is 0 Å². The zero-order chi connectivity index (χ0) is 11.0. The van der Waals surface area contributed by atoms with Crippen LogP contribution in [0.25, 0.3) is 0 Å². The van der Waals surface area contributed by atoms with Crippen LogP contribution in [0.2, 0.25) is 0 Å². The fraction of sp³-hybridized carbons (Fsp3) is 0.417. The van der Waals surface area contributed by atoms with Crippen LogP contribution in [0.1, 0.15) is 19.4 Å². The maximum atomic E-state index is 13.0. The number of carbonyl (C=O) groups is 1. The Bertz CT molecular complexity index is 399. The zero-order valence-electron chi connectivity index (χ0n) is 8.79. The van der Waals surface area contributed by atoms with Crippen molar-refractivity contribution < 1.29 is 13.9 Å². The Morgan fingerprint density at radius 2 is 2.20 bits per heavy atom. The predicted octanol–water partition coefficient (Wildman–Crippen LogP) is 2.56. The molecule has 1 heterocycles. The minimum atomic E-state index is -0.283. The Morgan fingerprint density at radius 1 is 1.47 bits per heavy atom. The molecule has 0 N–H and O–H groups in total. The van der Waals surface area contributed by atoms with Gasteiger partial charge in [0.25, 0.3) is 0 Å². The highest BCUT2D eigenvalue weighted by atomic mass is 19.1. The van der Waals surface area contributed by atoms with Gasteiger partial charge in [0.2, 0.25) is 0 Å². The molecular formula is C12H13FO2. The van der Waals surface area contributed by atoms with Crippen molar-refractivity contribution in [3.05, 3.63) is 29.6 Å². The predicted molar refractivity (Wildman–Crippen MR) is 54.1 cm³/mol. The van der Waals surface area contributed by atoms with Gasteiger partial charge in [-0.1, -0.05) is 13.8 Å². The van der Waals surface area contributed by atoms with Gasteiger partial charge in [-0.15, -0.1) is 0 Å². The number of carbonyl (C=O) groups excluding carboxylic acids is 1. The van der Waals surface area contributed by atoms with E-state index in [-0.39, 0.29) is 23.6 Å². The SMILES string of the molecule is CC(C)[C@H]1Cc2cc(F)ccc2OC1=O. The average Bonchev–Trinajstić information content (AvgIpc) is 2.17. The Kier molecular flexibility index (Phi) is 2.47. The first kappa shape index (κ1) is 10.1. The van der Waals surface area contributed by atoms with Gasteiger partial charge in [0.1, 0.15) is 11.6 Å². The van der Waals surface area contributed by atoms with Gasteiger partial charge in [-0.3, -0.25) is 4.79 Å². The molecule has 0 saturated heterocycles. The van der Waals surface area contributed by atoms with E-state index in [2.05, 4.69) is 0 Å². The summed E-state index contributed by atoms with van der Waals surface area (Å²) >= 11 is 0. The van der Waals surface area contributed by atoms with Crippen LogP contribution in [0.3, 0.4) is 0 Å². The van der Waals surface area contributed by atoms with Gasteiger partial charge in [0, 0.05) is 0 Å². The second-order valence-corrected chi connectivity index (χ2v) is 4.23. The highest BCUT2D eigenvalue weighted by molar-refractivity contribution is 5.78. The molecule has 0 bridgehead atoms. The van der Waals surface area contributed by atoms with E-state index in [1.807, 2.05) is 13.8 Å². The lowest BCUT2D eigenvalue weighted by molar-refractivity contribution is -0.141. The van der Waals surface area contributed by atoms with E-state index in [1.54, 1.807) is 0 Å². The van der Waals surface area contributed by atoms with Crippen LogP contribution in [0, 0.1) is 17.7 Å². The second-order valence-electron chi connectivity index (χ2n) is 4.23. The summed E-state index contributed by atoms with van der Waals surface area (Å²) in [5, 5.41) is 0. The van der Waals surface area contributed by atoms with E-state index in [0.29, 0.717) is 12.2 Å². The van der Waals surface area contributed by atoms with Gasteiger partial charge in [-0.05, 0) is 36.1 Å². The van der Waals surface area contributed by atoms with Crippen molar-refractivity contribution in [3.8, 4) is 5.75 Å². The first-order chi connectivity index (χ1) is 7.08. The monoisotopic (exact) mass is 208 g/mol. The van der Waals surface area contributed by atoms with Crippen LogP contribution in [0.5, 0.6) is 5.75 Å². The fourth-order valence-corrected chi connectivity index (χ4v) is 1.82. The topological polar surface area (TPSA) is 26.3 Å². The van der Waals surface area contributed by atoms with Gasteiger partial charge in [0.15, 0.2) is 0 Å². The van der Waals surface area contributed by atoms with Crippen LogP contribution in [-0.4, -0.2) is 5.97 Å². The van der Waals surface area contributed by atoms with E-state index < -0.39 is 0 Å². The molecule has 0 saturated carbocycles. The molecule has 0 amide bonds. The molecule has 15 heavy (non-hydrogen) atoms. The average molecular weight is 208 g/mol. The van der Waals surface area contributed by atoms with Gasteiger partial charge in [-0.25, -0.2) is 4.39 Å². The normalized spacial score (nSPS) is 20.0. The molecule has 0 radical (unpaired) electrons. The zero-order valence-corrected chi connectivity index (χ0v) is 8.79. The van der Waals surface area contributed by atoms with Gasteiger partial charge in [0.05, 0.1) is 5.92 Å². The summed E-state index contributed by atoms with van der Waals surface area (Å²) in [4.78, 5) is 11.6. The van der Waals surface area contributed by atoms with Crippen molar-refractivity contribution in [2.45, 2.75) is 20.3 Å². The van der Waals surface area contributed by atoms with Gasteiger partial charge < -0.3 is 4.74 Å². The third-order valence-corrected chi connectivity index (χ3v) is 2.78. The number of benzene rings is 1. The second kappa shape index (κ2) is 3.65. The molecule has 1 aliphatic rings. The van der Waals surface area contributed by atoms with Crippen molar-refractivity contribution in [3.63, 3.8) is 0 Å².